The predicted octanol–water partition coefficient (Wildman–Crippen LogP) is 3.41. The van der Waals surface area contributed by atoms with Gasteiger partial charge in [-0.2, -0.15) is 0 Å². The van der Waals surface area contributed by atoms with Crippen LogP contribution in [-0.2, 0) is 0 Å². The Morgan fingerprint density at radius 1 is 0.650 bits per heavy atom. The third kappa shape index (κ3) is 8.26. The summed E-state index contributed by atoms with van der Waals surface area (Å²) in [6.45, 7) is 3.60. The lowest BCUT2D eigenvalue weighted by Gasteiger charge is -2.27. The number of hydrogen-bond acceptors (Lipinski definition) is 2. The molecule has 1 aliphatic rings. The molecule has 1 aliphatic carbocycles. The number of aliphatic hydroxyl groups is 2. The van der Waals surface area contributed by atoms with Crippen LogP contribution in [0.15, 0.2) is 0 Å². The van der Waals surface area contributed by atoms with E-state index in [-0.39, 0.29) is 0 Å². The second-order valence-corrected chi connectivity index (χ2v) is 6.47. The zero-order valence-electron chi connectivity index (χ0n) is 13.0. The van der Waals surface area contributed by atoms with E-state index in [0.717, 1.165) is 25.7 Å². The first-order valence-corrected chi connectivity index (χ1v) is 7.78. The number of hydrogen-bond donors (Lipinski definition) is 2. The van der Waals surface area contributed by atoms with Gasteiger partial charge < -0.3 is 10.2 Å². The third-order valence-corrected chi connectivity index (χ3v) is 3.74. The molecule has 20 heavy (non-hydrogen) atoms. The van der Waals surface area contributed by atoms with Crippen LogP contribution in [0.5, 0.6) is 0 Å². The molecule has 2 atom stereocenters. The molecule has 0 fully saturated rings. The molecule has 112 valence electrons. The van der Waals surface area contributed by atoms with Gasteiger partial charge in [0, 0.05) is 25.7 Å². The molecule has 2 N–H and O–H groups in total. The van der Waals surface area contributed by atoms with Crippen LogP contribution in [0.4, 0.5) is 0 Å². The molecule has 2 heteroatoms. The molecule has 0 bridgehead atoms. The van der Waals surface area contributed by atoms with Crippen LogP contribution < -0.4 is 0 Å². The van der Waals surface area contributed by atoms with Gasteiger partial charge in [-0.1, -0.05) is 12.8 Å². The van der Waals surface area contributed by atoms with Gasteiger partial charge in [-0.3, -0.25) is 0 Å². The summed E-state index contributed by atoms with van der Waals surface area (Å²) in [5, 5.41) is 20.5. The molecular weight excluding hydrogens is 248 g/mol. The molecular formula is C18H28O2. The molecule has 1 rings (SSSR count). The van der Waals surface area contributed by atoms with Crippen LogP contribution in [0.3, 0.4) is 0 Å². The Morgan fingerprint density at radius 2 is 1.05 bits per heavy atom. The van der Waals surface area contributed by atoms with Crippen LogP contribution >= 0.6 is 0 Å². The minimum Gasteiger partial charge on any atom is -0.389 e. The zero-order valence-corrected chi connectivity index (χ0v) is 13.0. The summed E-state index contributed by atoms with van der Waals surface area (Å²) in [6.07, 6.45) is 8.57. The van der Waals surface area contributed by atoms with Gasteiger partial charge in [0.1, 0.15) is 0 Å². The fraction of sp³-hybridized carbons (Fsp3) is 0.778. The smallest absolute Gasteiger partial charge is 0.0729 e. The van der Waals surface area contributed by atoms with Crippen molar-refractivity contribution >= 4 is 0 Å². The molecule has 0 aliphatic heterocycles. The fourth-order valence-electron chi connectivity index (χ4n) is 2.18. The van der Waals surface area contributed by atoms with Gasteiger partial charge in [0.05, 0.1) is 11.2 Å². The standard InChI is InChI=1S/C18H28O2/c1-17(19)13-11-9-7-5-3-4-6-8-10-12-14-18(2,20)16-15-17/h19-20H,3-8,13-16H2,1-2H3. The molecule has 2 unspecified atom stereocenters. The number of rotatable bonds is 0. The van der Waals surface area contributed by atoms with Crippen LogP contribution in [0, 0.1) is 23.7 Å². The quantitative estimate of drug-likeness (QED) is 0.666. The first-order valence-electron chi connectivity index (χ1n) is 7.78. The van der Waals surface area contributed by atoms with Gasteiger partial charge in [-0.15, -0.1) is 23.7 Å². The fourth-order valence-corrected chi connectivity index (χ4v) is 2.18. The van der Waals surface area contributed by atoms with Crippen LogP contribution in [-0.4, -0.2) is 21.4 Å². The van der Waals surface area contributed by atoms with Crippen molar-refractivity contribution in [1.29, 1.82) is 0 Å². The summed E-state index contributed by atoms with van der Waals surface area (Å²) in [4.78, 5) is 0. The maximum Gasteiger partial charge on any atom is 0.0729 e. The Labute approximate surface area is 124 Å². The average Bonchev–Trinajstić information content (AvgIpc) is 2.37. The van der Waals surface area contributed by atoms with Crippen molar-refractivity contribution in [2.75, 3.05) is 0 Å². The Bertz CT molecular complexity index is 359. The second-order valence-electron chi connectivity index (χ2n) is 6.47. The van der Waals surface area contributed by atoms with Crippen LogP contribution in [0.25, 0.3) is 0 Å². The summed E-state index contributed by atoms with van der Waals surface area (Å²) in [6, 6.07) is 0. The summed E-state index contributed by atoms with van der Waals surface area (Å²) in [7, 11) is 0. The van der Waals surface area contributed by atoms with E-state index in [2.05, 4.69) is 23.7 Å². The first-order chi connectivity index (χ1) is 9.41. The van der Waals surface area contributed by atoms with E-state index < -0.39 is 11.2 Å². The van der Waals surface area contributed by atoms with Gasteiger partial charge >= 0.3 is 0 Å². The normalized spacial score (nSPS) is 33.4. The monoisotopic (exact) mass is 276 g/mol. The lowest BCUT2D eigenvalue weighted by atomic mass is 9.88. The largest absolute Gasteiger partial charge is 0.389 e. The average molecular weight is 276 g/mol. The first kappa shape index (κ1) is 17.1. The molecule has 2 nitrogen and oxygen atoms in total. The molecule has 0 aromatic carbocycles. The Balaban J connectivity index is 2.60. The topological polar surface area (TPSA) is 40.5 Å². The van der Waals surface area contributed by atoms with Crippen molar-refractivity contribution in [3.63, 3.8) is 0 Å². The summed E-state index contributed by atoms with van der Waals surface area (Å²) < 4.78 is 0. The van der Waals surface area contributed by atoms with Crippen molar-refractivity contribution in [1.82, 2.24) is 0 Å². The van der Waals surface area contributed by atoms with Crippen molar-refractivity contribution in [3.05, 3.63) is 0 Å². The highest BCUT2D eigenvalue weighted by atomic mass is 16.3. The SMILES string of the molecule is CC1(O)CC#CCCCCCCC#CCC(C)(O)CC1. The van der Waals surface area contributed by atoms with Crippen LogP contribution in [0.2, 0.25) is 0 Å². The van der Waals surface area contributed by atoms with E-state index in [1.165, 1.54) is 12.8 Å². The highest BCUT2D eigenvalue weighted by molar-refractivity contribution is 5.05. The van der Waals surface area contributed by atoms with E-state index in [0.29, 0.717) is 25.7 Å². The maximum absolute atomic E-state index is 10.3. The van der Waals surface area contributed by atoms with Crippen molar-refractivity contribution in [3.8, 4) is 23.7 Å². The van der Waals surface area contributed by atoms with Gasteiger partial charge in [0.2, 0.25) is 0 Å². The summed E-state index contributed by atoms with van der Waals surface area (Å²) in [5.41, 5.74) is -1.64. The molecule has 0 aromatic heterocycles. The molecule has 0 saturated carbocycles. The Morgan fingerprint density at radius 3 is 1.45 bits per heavy atom. The zero-order chi connectivity index (χ0) is 14.9. The molecule has 0 amide bonds. The minimum atomic E-state index is -0.818. The van der Waals surface area contributed by atoms with Crippen molar-refractivity contribution in [2.24, 2.45) is 0 Å². The van der Waals surface area contributed by atoms with E-state index in [4.69, 9.17) is 0 Å². The second kappa shape index (κ2) is 8.35. The van der Waals surface area contributed by atoms with Gasteiger partial charge in [-0.05, 0) is 39.5 Å². The Kier molecular flexibility index (Phi) is 7.14. The summed E-state index contributed by atoms with van der Waals surface area (Å²) in [5.74, 6) is 12.4. The van der Waals surface area contributed by atoms with Crippen molar-refractivity contribution in [2.45, 2.75) is 89.3 Å². The third-order valence-electron chi connectivity index (χ3n) is 3.74. The molecule has 0 spiro atoms. The molecule has 0 heterocycles. The highest BCUT2D eigenvalue weighted by Gasteiger charge is 2.26. The maximum atomic E-state index is 10.3. The highest BCUT2D eigenvalue weighted by Crippen LogP contribution is 2.24. The van der Waals surface area contributed by atoms with E-state index in [9.17, 15) is 10.2 Å². The molecule has 0 saturated heterocycles. The molecule has 0 aromatic rings. The summed E-state index contributed by atoms with van der Waals surface area (Å²) >= 11 is 0. The minimum absolute atomic E-state index is 0.481. The van der Waals surface area contributed by atoms with Gasteiger partial charge in [0.15, 0.2) is 0 Å². The van der Waals surface area contributed by atoms with Gasteiger partial charge in [0.25, 0.3) is 0 Å². The predicted molar refractivity (Wildman–Crippen MR) is 83.0 cm³/mol. The lowest BCUT2D eigenvalue weighted by molar-refractivity contribution is 0.00254. The molecule has 0 radical (unpaired) electrons. The van der Waals surface area contributed by atoms with Crippen LogP contribution in [0.1, 0.15) is 78.1 Å². The van der Waals surface area contributed by atoms with Gasteiger partial charge in [-0.25, -0.2) is 0 Å². The van der Waals surface area contributed by atoms with E-state index in [1.54, 1.807) is 13.8 Å². The lowest BCUT2D eigenvalue weighted by Crippen LogP contribution is -2.30. The van der Waals surface area contributed by atoms with E-state index in [1.807, 2.05) is 0 Å². The Hall–Kier alpha value is -0.960. The van der Waals surface area contributed by atoms with Crippen molar-refractivity contribution < 1.29 is 10.2 Å². The van der Waals surface area contributed by atoms with E-state index >= 15 is 0 Å².